The molecule has 128 valence electrons. The molecule has 5 heteroatoms. The third kappa shape index (κ3) is 3.15. The fourth-order valence-corrected chi connectivity index (χ4v) is 2.66. The Hall–Kier alpha value is -2.69. The van der Waals surface area contributed by atoms with Crippen molar-refractivity contribution in [3.63, 3.8) is 0 Å². The van der Waals surface area contributed by atoms with E-state index in [1.54, 1.807) is 45.3 Å². The van der Waals surface area contributed by atoms with Gasteiger partial charge in [0.05, 0.1) is 33.2 Å². The van der Waals surface area contributed by atoms with Crippen LogP contribution in [0.15, 0.2) is 29.4 Å². The maximum atomic E-state index is 12.1. The lowest BCUT2D eigenvalue weighted by molar-refractivity contribution is 0.340. The molecule has 0 aliphatic heterocycles. The van der Waals surface area contributed by atoms with E-state index < -0.39 is 0 Å². The summed E-state index contributed by atoms with van der Waals surface area (Å²) in [6.07, 6.45) is 5.20. The third-order valence-electron chi connectivity index (χ3n) is 4.16. The summed E-state index contributed by atoms with van der Waals surface area (Å²) in [6, 6.07) is 3.87. The summed E-state index contributed by atoms with van der Waals surface area (Å²) < 4.78 is 17.6. The standard InChI is InChI=1S/C19H23NO4/c1-12-13(2)19(21)20(3)11-16(12)14-9-17(23-5)15(7-8-22-4)18(10-14)24-6/h7-11H,1-6H3. The molecule has 0 spiro atoms. The van der Waals surface area contributed by atoms with Gasteiger partial charge in [-0.2, -0.15) is 0 Å². The Morgan fingerprint density at radius 1 is 1.00 bits per heavy atom. The van der Waals surface area contributed by atoms with Crippen molar-refractivity contribution in [3.8, 4) is 22.6 Å². The molecular formula is C19H23NO4. The first-order valence-electron chi connectivity index (χ1n) is 7.57. The largest absolute Gasteiger partial charge is 0.504 e. The molecule has 0 atom stereocenters. The number of benzene rings is 1. The highest BCUT2D eigenvalue weighted by atomic mass is 16.5. The molecule has 0 bridgehead atoms. The lowest BCUT2D eigenvalue weighted by Gasteiger charge is -2.16. The van der Waals surface area contributed by atoms with E-state index in [0.717, 1.165) is 27.8 Å². The summed E-state index contributed by atoms with van der Waals surface area (Å²) in [5.41, 5.74) is 4.38. The molecule has 2 rings (SSSR count). The van der Waals surface area contributed by atoms with Crippen LogP contribution in [-0.2, 0) is 11.8 Å². The van der Waals surface area contributed by atoms with Gasteiger partial charge in [0.1, 0.15) is 11.5 Å². The first-order chi connectivity index (χ1) is 11.4. The van der Waals surface area contributed by atoms with Gasteiger partial charge in [0.25, 0.3) is 5.56 Å². The zero-order valence-electron chi connectivity index (χ0n) is 15.0. The number of aromatic nitrogens is 1. The van der Waals surface area contributed by atoms with Gasteiger partial charge in [0, 0.05) is 24.4 Å². The van der Waals surface area contributed by atoms with Crippen molar-refractivity contribution in [1.82, 2.24) is 4.57 Å². The number of hydrogen-bond donors (Lipinski definition) is 0. The van der Waals surface area contributed by atoms with Gasteiger partial charge < -0.3 is 18.8 Å². The molecule has 0 fully saturated rings. The van der Waals surface area contributed by atoms with E-state index in [1.165, 1.54) is 0 Å². The summed E-state index contributed by atoms with van der Waals surface area (Å²) in [5.74, 6) is 1.34. The Labute approximate surface area is 142 Å². The van der Waals surface area contributed by atoms with E-state index in [0.29, 0.717) is 11.5 Å². The highest BCUT2D eigenvalue weighted by molar-refractivity contribution is 5.76. The van der Waals surface area contributed by atoms with Gasteiger partial charge in [-0.1, -0.05) is 0 Å². The number of methoxy groups -OCH3 is 3. The summed E-state index contributed by atoms with van der Waals surface area (Å²) in [4.78, 5) is 12.1. The van der Waals surface area contributed by atoms with E-state index in [4.69, 9.17) is 14.2 Å². The van der Waals surface area contributed by atoms with Gasteiger partial charge >= 0.3 is 0 Å². The van der Waals surface area contributed by atoms with Crippen molar-refractivity contribution >= 4 is 6.08 Å². The second kappa shape index (κ2) is 7.25. The van der Waals surface area contributed by atoms with Crippen LogP contribution in [0.5, 0.6) is 11.5 Å². The monoisotopic (exact) mass is 329 g/mol. The van der Waals surface area contributed by atoms with Gasteiger partial charge in [-0.05, 0) is 43.2 Å². The van der Waals surface area contributed by atoms with E-state index >= 15 is 0 Å². The molecule has 0 saturated heterocycles. The average Bonchev–Trinajstić information content (AvgIpc) is 2.60. The minimum Gasteiger partial charge on any atom is -0.504 e. The summed E-state index contributed by atoms with van der Waals surface area (Å²) in [6.45, 7) is 3.79. The summed E-state index contributed by atoms with van der Waals surface area (Å²) in [5, 5.41) is 0. The van der Waals surface area contributed by atoms with Crippen LogP contribution in [0.2, 0.25) is 0 Å². The molecule has 24 heavy (non-hydrogen) atoms. The van der Waals surface area contributed by atoms with Crippen LogP contribution >= 0.6 is 0 Å². The van der Waals surface area contributed by atoms with E-state index in [-0.39, 0.29) is 5.56 Å². The Morgan fingerprint density at radius 3 is 2.08 bits per heavy atom. The smallest absolute Gasteiger partial charge is 0.253 e. The molecule has 0 aliphatic carbocycles. The lowest BCUT2D eigenvalue weighted by Crippen LogP contribution is -2.20. The quantitative estimate of drug-likeness (QED) is 0.790. The molecule has 2 aromatic rings. The predicted octanol–water partition coefficient (Wildman–Crippen LogP) is 3.30. The van der Waals surface area contributed by atoms with Crippen molar-refractivity contribution in [2.45, 2.75) is 13.8 Å². The van der Waals surface area contributed by atoms with Crippen LogP contribution in [0.4, 0.5) is 0 Å². The second-order valence-electron chi connectivity index (χ2n) is 5.54. The molecule has 1 aromatic carbocycles. The fraction of sp³-hybridized carbons (Fsp3) is 0.316. The molecule has 1 aromatic heterocycles. The van der Waals surface area contributed by atoms with E-state index in [9.17, 15) is 4.79 Å². The summed E-state index contributed by atoms with van der Waals surface area (Å²) in [7, 11) is 6.56. The van der Waals surface area contributed by atoms with Crippen molar-refractivity contribution in [2.24, 2.45) is 7.05 Å². The number of hydrogen-bond acceptors (Lipinski definition) is 4. The van der Waals surface area contributed by atoms with Gasteiger partial charge in [0.15, 0.2) is 0 Å². The first kappa shape index (κ1) is 17.7. The van der Waals surface area contributed by atoms with Crippen LogP contribution in [0.1, 0.15) is 16.7 Å². The van der Waals surface area contributed by atoms with Crippen LogP contribution in [-0.4, -0.2) is 25.9 Å². The van der Waals surface area contributed by atoms with Gasteiger partial charge in [-0.3, -0.25) is 4.79 Å². The van der Waals surface area contributed by atoms with Crippen LogP contribution in [0.3, 0.4) is 0 Å². The van der Waals surface area contributed by atoms with Gasteiger partial charge in [-0.15, -0.1) is 0 Å². The molecule has 0 amide bonds. The Balaban J connectivity index is 2.73. The summed E-state index contributed by atoms with van der Waals surface area (Å²) >= 11 is 0. The molecule has 0 radical (unpaired) electrons. The average molecular weight is 329 g/mol. The minimum atomic E-state index is 0.00910. The molecule has 5 nitrogen and oxygen atoms in total. The Bertz CT molecular complexity index is 809. The Morgan fingerprint density at radius 2 is 1.58 bits per heavy atom. The minimum absolute atomic E-state index is 0.00910. The molecule has 1 heterocycles. The lowest BCUT2D eigenvalue weighted by atomic mass is 9.97. The molecule has 0 N–H and O–H groups in total. The molecule has 0 aliphatic rings. The predicted molar refractivity (Wildman–Crippen MR) is 95.7 cm³/mol. The Kier molecular flexibility index (Phi) is 5.34. The normalized spacial score (nSPS) is 10.9. The first-order valence-corrected chi connectivity index (χ1v) is 7.57. The SMILES string of the molecule is COC=Cc1c(OC)cc(-c2cn(C)c(=O)c(C)c2C)cc1OC. The second-order valence-corrected chi connectivity index (χ2v) is 5.54. The number of rotatable bonds is 5. The fourth-order valence-electron chi connectivity index (χ4n) is 2.66. The maximum absolute atomic E-state index is 12.1. The molecule has 0 unspecified atom stereocenters. The van der Waals surface area contributed by atoms with E-state index in [2.05, 4.69) is 0 Å². The van der Waals surface area contributed by atoms with Crippen LogP contribution in [0.25, 0.3) is 17.2 Å². The third-order valence-corrected chi connectivity index (χ3v) is 4.16. The number of aryl methyl sites for hydroxylation is 1. The topological polar surface area (TPSA) is 49.7 Å². The van der Waals surface area contributed by atoms with Crippen molar-refractivity contribution in [1.29, 1.82) is 0 Å². The number of pyridine rings is 1. The highest BCUT2D eigenvalue weighted by Gasteiger charge is 2.15. The van der Waals surface area contributed by atoms with Crippen LogP contribution in [0, 0.1) is 13.8 Å². The maximum Gasteiger partial charge on any atom is 0.253 e. The number of ether oxygens (including phenoxy) is 3. The highest BCUT2D eigenvalue weighted by Crippen LogP contribution is 2.37. The van der Waals surface area contributed by atoms with E-state index in [1.807, 2.05) is 32.2 Å². The van der Waals surface area contributed by atoms with Crippen molar-refractivity contribution in [3.05, 3.63) is 51.6 Å². The zero-order chi connectivity index (χ0) is 17.9. The number of nitrogens with zero attached hydrogens (tertiary/aromatic N) is 1. The zero-order valence-corrected chi connectivity index (χ0v) is 15.0. The molecule has 0 saturated carbocycles. The molecular weight excluding hydrogens is 306 g/mol. The van der Waals surface area contributed by atoms with Crippen LogP contribution < -0.4 is 15.0 Å². The van der Waals surface area contributed by atoms with Crippen molar-refractivity contribution < 1.29 is 14.2 Å². The van der Waals surface area contributed by atoms with Gasteiger partial charge in [0.2, 0.25) is 0 Å². The van der Waals surface area contributed by atoms with Gasteiger partial charge in [-0.25, -0.2) is 0 Å². The van der Waals surface area contributed by atoms with Crippen molar-refractivity contribution in [2.75, 3.05) is 21.3 Å².